The third kappa shape index (κ3) is 3.46. The number of nitrogens with two attached hydrogens (primary N) is 1. The molecular weight excluding hydrogens is 184 g/mol. The Labute approximate surface area is 95.2 Å². The van der Waals surface area contributed by atoms with E-state index in [0.717, 1.165) is 6.54 Å². The van der Waals surface area contributed by atoms with Crippen LogP contribution in [-0.4, -0.2) is 30.6 Å². The summed E-state index contributed by atoms with van der Waals surface area (Å²) in [5.74, 6) is 0. The van der Waals surface area contributed by atoms with Gasteiger partial charge in [-0.25, -0.2) is 0 Å². The van der Waals surface area contributed by atoms with Crippen molar-refractivity contribution < 1.29 is 0 Å². The van der Waals surface area contributed by atoms with E-state index >= 15 is 0 Å². The lowest BCUT2D eigenvalue weighted by atomic mass is 9.82. The van der Waals surface area contributed by atoms with Crippen molar-refractivity contribution in [3.05, 3.63) is 0 Å². The van der Waals surface area contributed by atoms with E-state index in [4.69, 9.17) is 5.73 Å². The van der Waals surface area contributed by atoms with Gasteiger partial charge in [-0.3, -0.25) is 4.90 Å². The van der Waals surface area contributed by atoms with Gasteiger partial charge < -0.3 is 5.73 Å². The van der Waals surface area contributed by atoms with Crippen molar-refractivity contribution in [3.63, 3.8) is 0 Å². The van der Waals surface area contributed by atoms with Crippen molar-refractivity contribution in [2.24, 2.45) is 5.73 Å². The zero-order valence-electron chi connectivity index (χ0n) is 10.6. The lowest BCUT2D eigenvalue weighted by molar-refractivity contribution is 0.0938. The Morgan fingerprint density at radius 1 is 1.07 bits per heavy atom. The minimum absolute atomic E-state index is 0.316. The molecule has 90 valence electrons. The average Bonchev–Trinajstić information content (AvgIpc) is 2.18. The molecule has 0 aromatic heterocycles. The van der Waals surface area contributed by atoms with Gasteiger partial charge in [0.15, 0.2) is 0 Å². The minimum atomic E-state index is 0.316. The summed E-state index contributed by atoms with van der Waals surface area (Å²) in [7, 11) is 2.26. The number of likely N-dealkylation sites (N-methyl/N-ethyl adjacent to an activating group) is 1. The monoisotopic (exact) mass is 212 g/mol. The van der Waals surface area contributed by atoms with Crippen LogP contribution in [-0.2, 0) is 0 Å². The Kier molecular flexibility index (Phi) is 5.62. The molecule has 2 N–H and O–H groups in total. The maximum absolute atomic E-state index is 6.05. The maximum Gasteiger partial charge on any atom is 0.0328 e. The molecule has 0 bridgehead atoms. The normalized spacial score (nSPS) is 22.4. The summed E-state index contributed by atoms with van der Waals surface area (Å²) < 4.78 is 0. The maximum atomic E-state index is 6.05. The summed E-state index contributed by atoms with van der Waals surface area (Å²) in [6.45, 7) is 4.28. The number of rotatable bonds is 4. The SMILES string of the molecule is CCCN(C)C1(CN)CCCCCCC1. The highest BCUT2D eigenvalue weighted by atomic mass is 15.2. The van der Waals surface area contributed by atoms with Gasteiger partial charge >= 0.3 is 0 Å². The molecule has 0 amide bonds. The molecule has 0 unspecified atom stereocenters. The number of nitrogens with zero attached hydrogens (tertiary/aromatic N) is 1. The summed E-state index contributed by atoms with van der Waals surface area (Å²) in [6, 6.07) is 0. The van der Waals surface area contributed by atoms with Crippen molar-refractivity contribution >= 4 is 0 Å². The van der Waals surface area contributed by atoms with Gasteiger partial charge in [-0.15, -0.1) is 0 Å². The van der Waals surface area contributed by atoms with Crippen LogP contribution in [0.5, 0.6) is 0 Å². The van der Waals surface area contributed by atoms with E-state index in [9.17, 15) is 0 Å². The molecule has 0 aliphatic heterocycles. The Morgan fingerprint density at radius 3 is 2.07 bits per heavy atom. The first-order valence-electron chi connectivity index (χ1n) is 6.66. The molecule has 1 aliphatic rings. The van der Waals surface area contributed by atoms with Crippen molar-refractivity contribution in [3.8, 4) is 0 Å². The molecular formula is C13H28N2. The fraction of sp³-hybridized carbons (Fsp3) is 1.00. The Bertz CT molecular complexity index is 160. The Balaban J connectivity index is 2.60. The molecule has 15 heavy (non-hydrogen) atoms. The van der Waals surface area contributed by atoms with Crippen LogP contribution in [0.25, 0.3) is 0 Å². The van der Waals surface area contributed by atoms with Crippen LogP contribution in [0.3, 0.4) is 0 Å². The topological polar surface area (TPSA) is 29.3 Å². The highest BCUT2D eigenvalue weighted by molar-refractivity contribution is 4.91. The summed E-state index contributed by atoms with van der Waals surface area (Å²) in [5, 5.41) is 0. The molecule has 0 spiro atoms. The molecule has 1 rings (SSSR count). The van der Waals surface area contributed by atoms with Crippen LogP contribution in [0.15, 0.2) is 0 Å². The lowest BCUT2D eigenvalue weighted by Gasteiger charge is -2.42. The summed E-state index contributed by atoms with van der Waals surface area (Å²) in [6.07, 6.45) is 10.8. The summed E-state index contributed by atoms with van der Waals surface area (Å²) >= 11 is 0. The van der Waals surface area contributed by atoms with Crippen molar-refractivity contribution in [1.82, 2.24) is 4.90 Å². The molecule has 2 nitrogen and oxygen atoms in total. The van der Waals surface area contributed by atoms with Crippen LogP contribution in [0, 0.1) is 0 Å². The van der Waals surface area contributed by atoms with Gasteiger partial charge in [-0.1, -0.05) is 39.0 Å². The van der Waals surface area contributed by atoms with Crippen LogP contribution >= 0.6 is 0 Å². The molecule has 0 aromatic carbocycles. The first kappa shape index (κ1) is 13.0. The van der Waals surface area contributed by atoms with Crippen LogP contribution in [0.2, 0.25) is 0 Å². The second kappa shape index (κ2) is 6.49. The van der Waals surface area contributed by atoms with Crippen LogP contribution in [0.1, 0.15) is 58.3 Å². The highest BCUT2D eigenvalue weighted by Gasteiger charge is 2.32. The van der Waals surface area contributed by atoms with Gasteiger partial charge in [0.1, 0.15) is 0 Å². The average molecular weight is 212 g/mol. The quantitative estimate of drug-likeness (QED) is 0.776. The molecule has 0 saturated heterocycles. The summed E-state index contributed by atoms with van der Waals surface area (Å²) in [4.78, 5) is 2.53. The molecule has 1 fully saturated rings. The fourth-order valence-electron chi connectivity index (χ4n) is 2.88. The van der Waals surface area contributed by atoms with E-state index in [1.165, 1.54) is 57.9 Å². The number of hydrogen-bond donors (Lipinski definition) is 1. The fourth-order valence-corrected chi connectivity index (χ4v) is 2.88. The first-order valence-corrected chi connectivity index (χ1v) is 6.66. The molecule has 1 aliphatic carbocycles. The van der Waals surface area contributed by atoms with Crippen molar-refractivity contribution in [2.45, 2.75) is 63.8 Å². The van der Waals surface area contributed by atoms with Crippen molar-refractivity contribution in [2.75, 3.05) is 20.1 Å². The summed E-state index contributed by atoms with van der Waals surface area (Å²) in [5.41, 5.74) is 6.36. The molecule has 0 radical (unpaired) electrons. The largest absolute Gasteiger partial charge is 0.329 e. The van der Waals surface area contributed by atoms with Crippen LogP contribution in [0.4, 0.5) is 0 Å². The predicted molar refractivity (Wildman–Crippen MR) is 67.0 cm³/mol. The zero-order chi connectivity index (χ0) is 11.1. The predicted octanol–water partition coefficient (Wildman–Crippen LogP) is 2.77. The Hall–Kier alpha value is -0.0800. The molecule has 1 saturated carbocycles. The first-order chi connectivity index (χ1) is 7.25. The molecule has 0 atom stereocenters. The smallest absolute Gasteiger partial charge is 0.0328 e. The van der Waals surface area contributed by atoms with Gasteiger partial charge in [-0.2, -0.15) is 0 Å². The van der Waals surface area contributed by atoms with E-state index in [1.807, 2.05) is 0 Å². The zero-order valence-corrected chi connectivity index (χ0v) is 10.6. The third-order valence-electron chi connectivity index (χ3n) is 4.03. The van der Waals surface area contributed by atoms with Gasteiger partial charge in [-0.05, 0) is 32.9 Å². The van der Waals surface area contributed by atoms with E-state index in [1.54, 1.807) is 0 Å². The van der Waals surface area contributed by atoms with E-state index in [-0.39, 0.29) is 0 Å². The van der Waals surface area contributed by atoms with E-state index in [0.29, 0.717) is 5.54 Å². The Morgan fingerprint density at radius 2 is 1.60 bits per heavy atom. The van der Waals surface area contributed by atoms with E-state index < -0.39 is 0 Å². The van der Waals surface area contributed by atoms with Crippen molar-refractivity contribution in [1.29, 1.82) is 0 Å². The van der Waals surface area contributed by atoms with Gasteiger partial charge in [0.05, 0.1) is 0 Å². The van der Waals surface area contributed by atoms with Gasteiger partial charge in [0, 0.05) is 12.1 Å². The van der Waals surface area contributed by atoms with E-state index in [2.05, 4.69) is 18.9 Å². The lowest BCUT2D eigenvalue weighted by Crippen LogP contribution is -2.52. The van der Waals surface area contributed by atoms with Gasteiger partial charge in [0.2, 0.25) is 0 Å². The highest BCUT2D eigenvalue weighted by Crippen LogP contribution is 2.30. The standard InChI is InChI=1S/C13H28N2/c1-3-11-15(2)13(12-14)9-7-5-4-6-8-10-13/h3-12,14H2,1-2H3. The minimum Gasteiger partial charge on any atom is -0.329 e. The second-order valence-electron chi connectivity index (χ2n) is 5.12. The molecule has 2 heteroatoms. The molecule has 0 heterocycles. The molecule has 0 aromatic rings. The number of hydrogen-bond acceptors (Lipinski definition) is 2. The second-order valence-corrected chi connectivity index (χ2v) is 5.12. The third-order valence-corrected chi connectivity index (χ3v) is 4.03. The van der Waals surface area contributed by atoms with Crippen LogP contribution < -0.4 is 5.73 Å². The van der Waals surface area contributed by atoms with Gasteiger partial charge in [0.25, 0.3) is 0 Å².